The predicted molar refractivity (Wildman–Crippen MR) is 118 cm³/mol. The first kappa shape index (κ1) is 19.9. The molecule has 2 aromatic heterocycles. The molecule has 1 saturated carbocycles. The number of pyridine rings is 1. The van der Waals surface area contributed by atoms with Crippen molar-refractivity contribution in [1.82, 2.24) is 24.9 Å². The van der Waals surface area contributed by atoms with Gasteiger partial charge in [-0.25, -0.2) is 4.98 Å². The molecule has 7 heteroatoms. The SMILES string of the molecule is CC(C)N1CCC(N2CCCN(c3cccc(-c4noc(C5CC5)n4)n3)CC2)CC1. The first-order valence-electron chi connectivity index (χ1n) is 11.7. The monoisotopic (exact) mass is 410 g/mol. The Balaban J connectivity index is 1.22. The zero-order valence-electron chi connectivity index (χ0n) is 18.3. The van der Waals surface area contributed by atoms with Crippen molar-refractivity contribution in [3.63, 3.8) is 0 Å². The predicted octanol–water partition coefficient (Wildman–Crippen LogP) is 3.39. The second-order valence-electron chi connectivity index (χ2n) is 9.35. The molecule has 1 aliphatic carbocycles. The summed E-state index contributed by atoms with van der Waals surface area (Å²) in [5.41, 5.74) is 0.810. The van der Waals surface area contributed by atoms with Gasteiger partial charge in [0.25, 0.3) is 0 Å². The van der Waals surface area contributed by atoms with Crippen LogP contribution in [-0.4, -0.2) is 76.3 Å². The Hall–Kier alpha value is -1.99. The fourth-order valence-corrected chi connectivity index (χ4v) is 4.86. The van der Waals surface area contributed by atoms with Gasteiger partial charge >= 0.3 is 0 Å². The molecule has 3 aliphatic rings. The van der Waals surface area contributed by atoms with Gasteiger partial charge in [-0.05, 0) is 71.2 Å². The zero-order chi connectivity index (χ0) is 20.5. The van der Waals surface area contributed by atoms with E-state index in [0.29, 0.717) is 17.8 Å². The minimum Gasteiger partial charge on any atom is -0.355 e. The van der Waals surface area contributed by atoms with Crippen molar-refractivity contribution in [2.45, 2.75) is 64.0 Å². The van der Waals surface area contributed by atoms with E-state index in [1.54, 1.807) is 0 Å². The summed E-state index contributed by atoms with van der Waals surface area (Å²) in [5.74, 6) is 2.89. The van der Waals surface area contributed by atoms with E-state index in [9.17, 15) is 0 Å². The second-order valence-corrected chi connectivity index (χ2v) is 9.35. The molecule has 0 radical (unpaired) electrons. The lowest BCUT2D eigenvalue weighted by molar-refractivity contribution is 0.0965. The Bertz CT molecular complexity index is 840. The van der Waals surface area contributed by atoms with Crippen molar-refractivity contribution in [3.8, 4) is 11.5 Å². The highest BCUT2D eigenvalue weighted by Crippen LogP contribution is 2.39. The molecule has 0 spiro atoms. The third-order valence-electron chi connectivity index (χ3n) is 6.93. The highest BCUT2D eigenvalue weighted by molar-refractivity contribution is 5.53. The van der Waals surface area contributed by atoms with Crippen LogP contribution in [0.15, 0.2) is 22.7 Å². The van der Waals surface area contributed by atoms with E-state index in [0.717, 1.165) is 55.9 Å². The van der Waals surface area contributed by atoms with Gasteiger partial charge in [0.05, 0.1) is 0 Å². The summed E-state index contributed by atoms with van der Waals surface area (Å²) in [7, 11) is 0. The summed E-state index contributed by atoms with van der Waals surface area (Å²) >= 11 is 0. The summed E-state index contributed by atoms with van der Waals surface area (Å²) in [4.78, 5) is 17.2. The van der Waals surface area contributed by atoms with Crippen molar-refractivity contribution >= 4 is 5.82 Å². The molecule has 7 nitrogen and oxygen atoms in total. The average Bonchev–Trinajstić information content (AvgIpc) is 3.56. The molecule has 0 N–H and O–H groups in total. The maximum atomic E-state index is 5.43. The minimum absolute atomic E-state index is 0.471. The van der Waals surface area contributed by atoms with E-state index < -0.39 is 0 Å². The molecule has 162 valence electrons. The summed E-state index contributed by atoms with van der Waals surface area (Å²) in [5, 5.41) is 4.16. The lowest BCUT2D eigenvalue weighted by atomic mass is 10.0. The summed E-state index contributed by atoms with van der Waals surface area (Å²) in [6.07, 6.45) is 6.11. The fourth-order valence-electron chi connectivity index (χ4n) is 4.86. The number of hydrogen-bond donors (Lipinski definition) is 0. The molecule has 0 atom stereocenters. The van der Waals surface area contributed by atoms with Crippen molar-refractivity contribution in [2.75, 3.05) is 44.2 Å². The van der Waals surface area contributed by atoms with Crippen molar-refractivity contribution in [3.05, 3.63) is 24.1 Å². The maximum absolute atomic E-state index is 5.43. The molecular formula is C23H34N6O. The van der Waals surface area contributed by atoms with Gasteiger partial charge in [-0.15, -0.1) is 0 Å². The highest BCUT2D eigenvalue weighted by atomic mass is 16.5. The van der Waals surface area contributed by atoms with Crippen LogP contribution in [-0.2, 0) is 0 Å². The van der Waals surface area contributed by atoms with Crippen LogP contribution in [0.1, 0.15) is 57.8 Å². The summed E-state index contributed by atoms with van der Waals surface area (Å²) < 4.78 is 5.43. The normalized spacial score (nSPS) is 22.6. The van der Waals surface area contributed by atoms with E-state index in [1.165, 1.54) is 38.9 Å². The zero-order valence-corrected chi connectivity index (χ0v) is 18.3. The molecule has 0 aromatic carbocycles. The first-order chi connectivity index (χ1) is 14.7. The number of piperidine rings is 1. The number of nitrogens with zero attached hydrogens (tertiary/aromatic N) is 6. The largest absolute Gasteiger partial charge is 0.355 e. The first-order valence-corrected chi connectivity index (χ1v) is 11.7. The van der Waals surface area contributed by atoms with Crippen LogP contribution < -0.4 is 4.90 Å². The molecule has 0 amide bonds. The fraction of sp³-hybridized carbons (Fsp3) is 0.696. The second kappa shape index (κ2) is 8.63. The Morgan fingerprint density at radius 1 is 0.933 bits per heavy atom. The van der Waals surface area contributed by atoms with E-state index in [1.807, 2.05) is 6.07 Å². The van der Waals surface area contributed by atoms with Gasteiger partial charge in [0.1, 0.15) is 11.5 Å². The maximum Gasteiger partial charge on any atom is 0.230 e. The number of likely N-dealkylation sites (tertiary alicyclic amines) is 1. The van der Waals surface area contributed by atoms with E-state index in [2.05, 4.69) is 50.8 Å². The standard InChI is InChI=1S/C23H34N6O/c1-17(2)27-13-9-19(10-14-27)28-11-4-12-29(16-15-28)21-6-3-5-20(24-21)22-25-23(30-26-22)18-7-8-18/h3,5-6,17-19H,4,7-16H2,1-2H3. The van der Waals surface area contributed by atoms with Gasteiger partial charge in [-0.2, -0.15) is 4.98 Å². The molecule has 0 bridgehead atoms. The third kappa shape index (κ3) is 4.37. The van der Waals surface area contributed by atoms with Crippen LogP contribution in [0.25, 0.3) is 11.5 Å². The van der Waals surface area contributed by atoms with Crippen LogP contribution in [0.3, 0.4) is 0 Å². The van der Waals surface area contributed by atoms with Gasteiger partial charge in [0.15, 0.2) is 0 Å². The topological polar surface area (TPSA) is 61.5 Å². The van der Waals surface area contributed by atoms with Crippen LogP contribution in [0.2, 0.25) is 0 Å². The Labute approximate surface area is 179 Å². The van der Waals surface area contributed by atoms with Crippen molar-refractivity contribution in [2.24, 2.45) is 0 Å². The van der Waals surface area contributed by atoms with E-state index >= 15 is 0 Å². The van der Waals surface area contributed by atoms with Crippen LogP contribution >= 0.6 is 0 Å². The molecule has 3 fully saturated rings. The quantitative estimate of drug-likeness (QED) is 0.749. The lowest BCUT2D eigenvalue weighted by Gasteiger charge is -2.39. The number of aromatic nitrogens is 3. The lowest BCUT2D eigenvalue weighted by Crippen LogP contribution is -2.47. The van der Waals surface area contributed by atoms with Crippen molar-refractivity contribution < 1.29 is 4.52 Å². The van der Waals surface area contributed by atoms with Crippen LogP contribution in [0, 0.1) is 0 Å². The summed E-state index contributed by atoms with van der Waals surface area (Å²) in [6, 6.07) is 7.57. The van der Waals surface area contributed by atoms with E-state index in [4.69, 9.17) is 9.51 Å². The molecule has 2 saturated heterocycles. The van der Waals surface area contributed by atoms with Gasteiger partial charge < -0.3 is 14.3 Å². The Morgan fingerprint density at radius 3 is 2.53 bits per heavy atom. The number of rotatable bonds is 5. The van der Waals surface area contributed by atoms with Crippen LogP contribution in [0.4, 0.5) is 5.82 Å². The minimum atomic E-state index is 0.471. The van der Waals surface area contributed by atoms with Gasteiger partial charge in [-0.3, -0.25) is 4.90 Å². The Morgan fingerprint density at radius 2 is 1.77 bits per heavy atom. The number of hydrogen-bond acceptors (Lipinski definition) is 7. The Kier molecular flexibility index (Phi) is 5.74. The molecule has 2 aromatic rings. The summed E-state index contributed by atoms with van der Waals surface area (Å²) in [6.45, 7) is 11.5. The average molecular weight is 411 g/mol. The molecule has 0 unspecified atom stereocenters. The molecule has 4 heterocycles. The van der Waals surface area contributed by atoms with Gasteiger partial charge in [0, 0.05) is 44.2 Å². The molecule has 30 heavy (non-hydrogen) atoms. The van der Waals surface area contributed by atoms with Gasteiger partial charge in [0.2, 0.25) is 11.7 Å². The van der Waals surface area contributed by atoms with Crippen molar-refractivity contribution in [1.29, 1.82) is 0 Å². The highest BCUT2D eigenvalue weighted by Gasteiger charge is 2.30. The molecule has 2 aliphatic heterocycles. The third-order valence-corrected chi connectivity index (χ3v) is 6.93. The molecular weight excluding hydrogens is 376 g/mol. The van der Waals surface area contributed by atoms with E-state index in [-0.39, 0.29) is 0 Å². The van der Waals surface area contributed by atoms with Gasteiger partial charge in [-0.1, -0.05) is 11.2 Å². The molecule has 5 rings (SSSR count). The van der Waals surface area contributed by atoms with Crippen LogP contribution in [0.5, 0.6) is 0 Å². The smallest absolute Gasteiger partial charge is 0.230 e. The number of anilines is 1.